The first-order valence-electron chi connectivity index (χ1n) is 9.66. The molecular weight excluding hydrogens is 504 g/mol. The van der Waals surface area contributed by atoms with Gasteiger partial charge in [0.1, 0.15) is 0 Å². The summed E-state index contributed by atoms with van der Waals surface area (Å²) >= 11 is 6.89. The molecule has 0 saturated carbocycles. The monoisotopic (exact) mass is 518 g/mol. The van der Waals surface area contributed by atoms with Crippen LogP contribution < -0.4 is 0 Å². The molecule has 146 valence electrons. The number of allylic oxidation sites excluding steroid dienone is 4. The fourth-order valence-electron chi connectivity index (χ4n) is 4.15. The maximum atomic E-state index is 13.3. The summed E-state index contributed by atoms with van der Waals surface area (Å²) in [6, 6.07) is 21.5. The van der Waals surface area contributed by atoms with Gasteiger partial charge in [-0.2, -0.15) is 0 Å². The molecule has 2 aliphatic carbocycles. The van der Waals surface area contributed by atoms with Gasteiger partial charge in [0.15, 0.2) is 11.6 Å². The van der Waals surface area contributed by atoms with Gasteiger partial charge >= 0.3 is 0 Å². The highest BCUT2D eigenvalue weighted by Crippen LogP contribution is 2.39. The molecule has 3 aromatic carbocycles. The SMILES string of the molecule is O=C1c2ccc(-c3ccc(Br)cc3)cc2C(=O)C2C=CC(c3ccc(Br)cc3)=CC12. The Kier molecular flexibility index (Phi) is 4.92. The standard InChI is InChI=1S/C26H16Br2O2/c27-19-7-1-15(2-8-19)17-5-11-21-23(13-17)25(29)22-12-6-18(14-24(22)26(21)30)16-3-9-20(28)10-4-16/h1-14,21,23H. The van der Waals surface area contributed by atoms with Crippen LogP contribution >= 0.6 is 31.9 Å². The van der Waals surface area contributed by atoms with Crippen molar-refractivity contribution in [2.45, 2.75) is 0 Å². The third-order valence-corrected chi connectivity index (χ3v) is 6.80. The van der Waals surface area contributed by atoms with E-state index in [1.165, 1.54) is 0 Å². The Labute approximate surface area is 191 Å². The summed E-state index contributed by atoms with van der Waals surface area (Å²) < 4.78 is 2.00. The predicted octanol–water partition coefficient (Wildman–Crippen LogP) is 7.14. The average molecular weight is 520 g/mol. The van der Waals surface area contributed by atoms with Gasteiger partial charge in [-0.25, -0.2) is 0 Å². The summed E-state index contributed by atoms with van der Waals surface area (Å²) in [7, 11) is 0. The van der Waals surface area contributed by atoms with E-state index in [1.54, 1.807) is 6.07 Å². The second-order valence-corrected chi connectivity index (χ2v) is 9.37. The zero-order valence-electron chi connectivity index (χ0n) is 15.8. The van der Waals surface area contributed by atoms with Gasteiger partial charge in [0.2, 0.25) is 0 Å². The van der Waals surface area contributed by atoms with Crippen LogP contribution in [0.25, 0.3) is 16.7 Å². The quantitative estimate of drug-likeness (QED) is 0.360. The Hall–Kier alpha value is -2.56. The highest BCUT2D eigenvalue weighted by atomic mass is 79.9. The molecule has 30 heavy (non-hydrogen) atoms. The Morgan fingerprint density at radius 3 is 1.83 bits per heavy atom. The number of carbonyl (C=O) groups is 2. The van der Waals surface area contributed by atoms with Crippen LogP contribution in [-0.4, -0.2) is 11.6 Å². The maximum Gasteiger partial charge on any atom is 0.171 e. The molecule has 0 N–H and O–H groups in total. The van der Waals surface area contributed by atoms with E-state index in [0.717, 1.165) is 31.2 Å². The summed E-state index contributed by atoms with van der Waals surface area (Å²) in [4.78, 5) is 26.6. The molecule has 0 amide bonds. The average Bonchev–Trinajstić information content (AvgIpc) is 2.78. The van der Waals surface area contributed by atoms with Gasteiger partial charge in [0.25, 0.3) is 0 Å². The van der Waals surface area contributed by atoms with Crippen molar-refractivity contribution in [3.63, 3.8) is 0 Å². The molecule has 2 nitrogen and oxygen atoms in total. The van der Waals surface area contributed by atoms with Crippen LogP contribution in [0.1, 0.15) is 26.3 Å². The van der Waals surface area contributed by atoms with E-state index in [4.69, 9.17) is 0 Å². The molecule has 5 rings (SSSR count). The molecule has 0 saturated heterocycles. The van der Waals surface area contributed by atoms with E-state index in [1.807, 2.05) is 78.9 Å². The van der Waals surface area contributed by atoms with Crippen molar-refractivity contribution in [1.29, 1.82) is 0 Å². The molecule has 2 aliphatic rings. The number of carbonyl (C=O) groups excluding carboxylic acids is 2. The smallest absolute Gasteiger partial charge is 0.171 e. The van der Waals surface area contributed by atoms with E-state index < -0.39 is 11.8 Å². The normalized spacial score (nSPS) is 19.9. The lowest BCUT2D eigenvalue weighted by atomic mass is 9.70. The summed E-state index contributed by atoms with van der Waals surface area (Å²) in [5.41, 5.74) is 4.99. The van der Waals surface area contributed by atoms with Crippen molar-refractivity contribution in [3.8, 4) is 11.1 Å². The number of Topliss-reactive ketones (excluding diaryl/α,β-unsaturated/α-hetero) is 2. The molecule has 2 unspecified atom stereocenters. The first kappa shape index (κ1) is 19.4. The molecule has 3 aromatic rings. The number of fused-ring (bicyclic) bond motifs is 2. The zero-order valence-corrected chi connectivity index (χ0v) is 19.0. The third-order valence-electron chi connectivity index (χ3n) is 5.74. The molecular formula is C26H16Br2O2. The number of halogens is 2. The Morgan fingerprint density at radius 1 is 0.600 bits per heavy atom. The van der Waals surface area contributed by atoms with E-state index >= 15 is 0 Å². The second kappa shape index (κ2) is 7.60. The van der Waals surface area contributed by atoms with Gasteiger partial charge in [0.05, 0.1) is 11.8 Å². The van der Waals surface area contributed by atoms with Crippen LogP contribution in [0.15, 0.2) is 93.9 Å². The number of rotatable bonds is 2. The van der Waals surface area contributed by atoms with Gasteiger partial charge in [-0.1, -0.05) is 86.5 Å². The number of hydrogen-bond donors (Lipinski definition) is 0. The first-order valence-corrected chi connectivity index (χ1v) is 11.2. The summed E-state index contributed by atoms with van der Waals surface area (Å²) in [6.07, 6.45) is 5.79. The van der Waals surface area contributed by atoms with E-state index in [2.05, 4.69) is 31.9 Å². The maximum absolute atomic E-state index is 13.3. The first-order chi connectivity index (χ1) is 14.5. The molecule has 0 bridgehead atoms. The number of ketones is 2. The molecule has 0 aromatic heterocycles. The third kappa shape index (κ3) is 3.34. The minimum absolute atomic E-state index is 0.0101. The minimum atomic E-state index is -0.452. The van der Waals surface area contributed by atoms with Crippen molar-refractivity contribution in [3.05, 3.63) is 111 Å². The van der Waals surface area contributed by atoms with Crippen molar-refractivity contribution in [2.75, 3.05) is 0 Å². The van der Waals surface area contributed by atoms with Crippen molar-refractivity contribution >= 4 is 49.0 Å². The highest BCUT2D eigenvalue weighted by Gasteiger charge is 2.40. The van der Waals surface area contributed by atoms with Crippen molar-refractivity contribution in [1.82, 2.24) is 0 Å². The van der Waals surface area contributed by atoms with Gasteiger partial charge in [0, 0.05) is 20.1 Å². The lowest BCUT2D eigenvalue weighted by Gasteiger charge is -2.30. The van der Waals surface area contributed by atoms with Gasteiger partial charge in [-0.05, 0) is 52.6 Å². The Balaban J connectivity index is 1.53. The minimum Gasteiger partial charge on any atom is -0.293 e. The molecule has 0 heterocycles. The van der Waals surface area contributed by atoms with Crippen LogP contribution in [0.3, 0.4) is 0 Å². The summed E-state index contributed by atoms with van der Waals surface area (Å²) in [5.74, 6) is -0.872. The van der Waals surface area contributed by atoms with Crippen molar-refractivity contribution < 1.29 is 9.59 Å². The fourth-order valence-corrected chi connectivity index (χ4v) is 4.68. The Bertz CT molecular complexity index is 1240. The zero-order chi connectivity index (χ0) is 20.8. The molecule has 0 aliphatic heterocycles. The Morgan fingerprint density at radius 2 is 1.17 bits per heavy atom. The van der Waals surface area contributed by atoms with E-state index in [9.17, 15) is 9.59 Å². The number of hydrogen-bond acceptors (Lipinski definition) is 2. The predicted molar refractivity (Wildman–Crippen MR) is 126 cm³/mol. The molecule has 4 heteroatoms. The molecule has 0 radical (unpaired) electrons. The molecule has 0 fully saturated rings. The molecule has 2 atom stereocenters. The van der Waals surface area contributed by atoms with Crippen LogP contribution in [0.5, 0.6) is 0 Å². The summed E-state index contributed by atoms with van der Waals surface area (Å²) in [5, 5.41) is 0. The largest absolute Gasteiger partial charge is 0.293 e. The van der Waals surface area contributed by atoms with Gasteiger partial charge < -0.3 is 0 Å². The topological polar surface area (TPSA) is 34.1 Å². The lowest BCUT2D eigenvalue weighted by molar-refractivity contribution is 0.0802. The second-order valence-electron chi connectivity index (χ2n) is 7.54. The number of benzene rings is 3. The van der Waals surface area contributed by atoms with E-state index in [-0.39, 0.29) is 11.6 Å². The van der Waals surface area contributed by atoms with Crippen LogP contribution in [-0.2, 0) is 0 Å². The summed E-state index contributed by atoms with van der Waals surface area (Å²) in [6.45, 7) is 0. The fraction of sp³-hybridized carbons (Fsp3) is 0.0769. The molecule has 0 spiro atoms. The van der Waals surface area contributed by atoms with Crippen LogP contribution in [0.2, 0.25) is 0 Å². The van der Waals surface area contributed by atoms with Crippen LogP contribution in [0, 0.1) is 11.8 Å². The van der Waals surface area contributed by atoms with Crippen LogP contribution in [0.4, 0.5) is 0 Å². The highest BCUT2D eigenvalue weighted by molar-refractivity contribution is 9.10. The lowest BCUT2D eigenvalue weighted by Crippen LogP contribution is -2.35. The van der Waals surface area contributed by atoms with Gasteiger partial charge in [-0.3, -0.25) is 9.59 Å². The van der Waals surface area contributed by atoms with Crippen molar-refractivity contribution in [2.24, 2.45) is 11.8 Å². The van der Waals surface area contributed by atoms with E-state index in [0.29, 0.717) is 11.1 Å². The van der Waals surface area contributed by atoms with Gasteiger partial charge in [-0.15, -0.1) is 0 Å².